The molecule has 2 aromatic rings. The molecule has 0 saturated heterocycles. The SMILES string of the molecule is CN1C(=O)CN(c2cnc(N)c(C=N)c2)c2ccccc21. The second-order valence-corrected chi connectivity index (χ2v) is 4.84. The first kappa shape index (κ1) is 13.1. The van der Waals surface area contributed by atoms with Crippen molar-refractivity contribution in [2.45, 2.75) is 0 Å². The van der Waals surface area contributed by atoms with Crippen LogP contribution in [0.15, 0.2) is 36.5 Å². The topological polar surface area (TPSA) is 86.3 Å². The molecule has 0 spiro atoms. The fraction of sp³-hybridized carbons (Fsp3) is 0.133. The number of nitrogens with one attached hydrogen (secondary N) is 1. The van der Waals surface area contributed by atoms with Crippen LogP contribution < -0.4 is 15.5 Å². The van der Waals surface area contributed by atoms with Gasteiger partial charge in [-0.2, -0.15) is 0 Å². The number of carbonyl (C=O) groups is 1. The molecule has 0 aliphatic carbocycles. The largest absolute Gasteiger partial charge is 0.383 e. The third-order valence-electron chi connectivity index (χ3n) is 3.60. The summed E-state index contributed by atoms with van der Waals surface area (Å²) in [7, 11) is 1.77. The van der Waals surface area contributed by atoms with Crippen LogP contribution in [-0.4, -0.2) is 30.7 Å². The molecule has 1 aromatic heterocycles. The minimum atomic E-state index is 0.00179. The lowest BCUT2D eigenvalue weighted by Gasteiger charge is -2.35. The Bertz CT molecular complexity index is 728. The number of hydrogen-bond donors (Lipinski definition) is 2. The second kappa shape index (κ2) is 4.90. The number of likely N-dealkylation sites (N-methyl/N-ethyl adjacent to an activating group) is 1. The molecule has 3 N–H and O–H groups in total. The maximum atomic E-state index is 12.2. The predicted molar refractivity (Wildman–Crippen MR) is 83.4 cm³/mol. The predicted octanol–water partition coefficient (Wildman–Crippen LogP) is 1.78. The molecule has 0 saturated carbocycles. The molecule has 3 rings (SSSR count). The van der Waals surface area contributed by atoms with Crippen LogP contribution in [0.3, 0.4) is 0 Å². The van der Waals surface area contributed by atoms with E-state index in [2.05, 4.69) is 4.98 Å². The van der Waals surface area contributed by atoms with E-state index in [4.69, 9.17) is 11.1 Å². The number of carbonyl (C=O) groups excluding carboxylic acids is 1. The van der Waals surface area contributed by atoms with Gasteiger partial charge < -0.3 is 20.9 Å². The van der Waals surface area contributed by atoms with Crippen molar-refractivity contribution in [2.75, 3.05) is 29.1 Å². The van der Waals surface area contributed by atoms with Gasteiger partial charge in [-0.3, -0.25) is 4.79 Å². The van der Waals surface area contributed by atoms with E-state index in [0.29, 0.717) is 11.4 Å². The molecule has 6 nitrogen and oxygen atoms in total. The summed E-state index contributed by atoms with van der Waals surface area (Å²) in [5, 5.41) is 7.37. The number of amides is 1. The van der Waals surface area contributed by atoms with Gasteiger partial charge in [-0.25, -0.2) is 4.98 Å². The van der Waals surface area contributed by atoms with Crippen molar-refractivity contribution < 1.29 is 4.79 Å². The first-order valence-electron chi connectivity index (χ1n) is 6.51. The number of aromatic nitrogens is 1. The van der Waals surface area contributed by atoms with E-state index in [-0.39, 0.29) is 12.5 Å². The highest BCUT2D eigenvalue weighted by molar-refractivity contribution is 6.04. The van der Waals surface area contributed by atoms with Crippen LogP contribution in [0.1, 0.15) is 5.56 Å². The molecule has 1 aromatic carbocycles. The Morgan fingerprint density at radius 3 is 2.76 bits per heavy atom. The first-order chi connectivity index (χ1) is 10.1. The molecular formula is C15H15N5O. The van der Waals surface area contributed by atoms with Gasteiger partial charge in [-0.15, -0.1) is 0 Å². The maximum absolute atomic E-state index is 12.2. The van der Waals surface area contributed by atoms with Crippen LogP contribution in [-0.2, 0) is 4.79 Å². The summed E-state index contributed by atoms with van der Waals surface area (Å²) in [6.45, 7) is 0.233. The smallest absolute Gasteiger partial charge is 0.246 e. The van der Waals surface area contributed by atoms with E-state index in [0.717, 1.165) is 23.3 Å². The fourth-order valence-electron chi connectivity index (χ4n) is 2.41. The lowest BCUT2D eigenvalue weighted by atomic mass is 10.1. The summed E-state index contributed by atoms with van der Waals surface area (Å²) in [4.78, 5) is 19.8. The Morgan fingerprint density at radius 2 is 2.05 bits per heavy atom. The minimum absolute atomic E-state index is 0.00179. The second-order valence-electron chi connectivity index (χ2n) is 4.84. The molecule has 0 atom stereocenters. The van der Waals surface area contributed by atoms with Gasteiger partial charge in [0, 0.05) is 18.8 Å². The van der Waals surface area contributed by atoms with Crippen LogP contribution in [0.4, 0.5) is 22.9 Å². The van der Waals surface area contributed by atoms with E-state index in [1.807, 2.05) is 29.2 Å². The van der Waals surface area contributed by atoms with Crippen LogP contribution in [0.2, 0.25) is 0 Å². The number of para-hydroxylation sites is 2. The zero-order valence-corrected chi connectivity index (χ0v) is 11.6. The normalized spacial score (nSPS) is 14.0. The summed E-state index contributed by atoms with van der Waals surface area (Å²) in [5.41, 5.74) is 8.78. The van der Waals surface area contributed by atoms with E-state index in [1.54, 1.807) is 24.2 Å². The number of pyridine rings is 1. The molecule has 6 heteroatoms. The molecule has 0 radical (unpaired) electrons. The van der Waals surface area contributed by atoms with Crippen molar-refractivity contribution in [3.8, 4) is 0 Å². The van der Waals surface area contributed by atoms with Crippen LogP contribution in [0.5, 0.6) is 0 Å². The van der Waals surface area contributed by atoms with Crippen molar-refractivity contribution in [1.29, 1.82) is 5.41 Å². The summed E-state index contributed by atoms with van der Waals surface area (Å²) < 4.78 is 0. The zero-order chi connectivity index (χ0) is 15.0. The van der Waals surface area contributed by atoms with E-state index in [9.17, 15) is 4.79 Å². The van der Waals surface area contributed by atoms with Gasteiger partial charge in [0.15, 0.2) is 0 Å². The van der Waals surface area contributed by atoms with Crippen LogP contribution >= 0.6 is 0 Å². The highest BCUT2D eigenvalue weighted by atomic mass is 16.2. The fourth-order valence-corrected chi connectivity index (χ4v) is 2.41. The lowest BCUT2D eigenvalue weighted by molar-refractivity contribution is -0.117. The summed E-state index contributed by atoms with van der Waals surface area (Å²) in [5.74, 6) is 0.310. The molecule has 1 aliphatic heterocycles. The summed E-state index contributed by atoms with van der Waals surface area (Å²) in [6.07, 6.45) is 2.79. The number of anilines is 4. The summed E-state index contributed by atoms with van der Waals surface area (Å²) in [6, 6.07) is 9.46. The Labute approximate surface area is 122 Å². The lowest BCUT2D eigenvalue weighted by Crippen LogP contribution is -2.41. The van der Waals surface area contributed by atoms with Crippen LogP contribution in [0, 0.1) is 5.41 Å². The molecule has 0 unspecified atom stereocenters. The van der Waals surface area contributed by atoms with Gasteiger partial charge in [0.25, 0.3) is 0 Å². The highest BCUT2D eigenvalue weighted by Crippen LogP contribution is 2.37. The maximum Gasteiger partial charge on any atom is 0.246 e. The van der Waals surface area contributed by atoms with Gasteiger partial charge in [0.1, 0.15) is 12.4 Å². The van der Waals surface area contributed by atoms with Gasteiger partial charge in [0.05, 0.1) is 23.3 Å². The third kappa shape index (κ3) is 2.10. The molecule has 0 bridgehead atoms. The zero-order valence-electron chi connectivity index (χ0n) is 11.6. The van der Waals surface area contributed by atoms with Crippen molar-refractivity contribution in [3.63, 3.8) is 0 Å². The number of nitrogens with two attached hydrogens (primary N) is 1. The monoisotopic (exact) mass is 281 g/mol. The van der Waals surface area contributed by atoms with Gasteiger partial charge in [-0.05, 0) is 18.2 Å². The van der Waals surface area contributed by atoms with Gasteiger partial charge in [-0.1, -0.05) is 12.1 Å². The molecule has 2 heterocycles. The number of nitrogens with zero attached hydrogens (tertiary/aromatic N) is 3. The molecular weight excluding hydrogens is 266 g/mol. The molecule has 21 heavy (non-hydrogen) atoms. The number of fused-ring (bicyclic) bond motifs is 1. The average Bonchev–Trinajstić information content (AvgIpc) is 2.51. The van der Waals surface area contributed by atoms with E-state index >= 15 is 0 Å². The Balaban J connectivity index is 2.13. The molecule has 1 amide bonds. The number of nitrogen functional groups attached to an aromatic ring is 1. The van der Waals surface area contributed by atoms with E-state index in [1.165, 1.54) is 0 Å². The van der Waals surface area contributed by atoms with E-state index < -0.39 is 0 Å². The quantitative estimate of drug-likeness (QED) is 0.821. The standard InChI is InChI=1S/C15H15N5O/c1-19-12-4-2-3-5-13(12)20(9-14(19)21)11-6-10(7-16)15(17)18-8-11/h2-8,16H,9H2,1H3,(H2,17,18). The van der Waals surface area contributed by atoms with Gasteiger partial charge >= 0.3 is 0 Å². The van der Waals surface area contributed by atoms with Gasteiger partial charge in [0.2, 0.25) is 5.91 Å². The molecule has 1 aliphatic rings. The molecule has 0 fully saturated rings. The molecule has 106 valence electrons. The number of benzene rings is 1. The average molecular weight is 281 g/mol. The first-order valence-corrected chi connectivity index (χ1v) is 6.51. The van der Waals surface area contributed by atoms with Crippen molar-refractivity contribution >= 4 is 35.0 Å². The minimum Gasteiger partial charge on any atom is -0.383 e. The van der Waals surface area contributed by atoms with Crippen molar-refractivity contribution in [3.05, 3.63) is 42.1 Å². The summed E-state index contributed by atoms with van der Waals surface area (Å²) >= 11 is 0. The van der Waals surface area contributed by atoms with Crippen LogP contribution in [0.25, 0.3) is 0 Å². The Kier molecular flexibility index (Phi) is 3.06. The Hall–Kier alpha value is -2.89. The highest BCUT2D eigenvalue weighted by Gasteiger charge is 2.27. The van der Waals surface area contributed by atoms with Crippen molar-refractivity contribution in [1.82, 2.24) is 4.98 Å². The third-order valence-corrected chi connectivity index (χ3v) is 3.60. The number of rotatable bonds is 2. The number of hydrogen-bond acceptors (Lipinski definition) is 5. The Morgan fingerprint density at radius 1 is 1.33 bits per heavy atom. The van der Waals surface area contributed by atoms with Crippen molar-refractivity contribution in [2.24, 2.45) is 0 Å².